The lowest BCUT2D eigenvalue weighted by Gasteiger charge is -2.25. The lowest BCUT2D eigenvalue weighted by atomic mass is 10.1. The van der Waals surface area contributed by atoms with Gasteiger partial charge in [0, 0.05) is 18.9 Å². The number of carbonyl (C=O) groups excluding carboxylic acids is 2. The minimum atomic E-state index is -0.260. The summed E-state index contributed by atoms with van der Waals surface area (Å²) in [4.78, 5) is 24.6. The monoisotopic (exact) mass is 287 g/mol. The van der Waals surface area contributed by atoms with Gasteiger partial charge in [0.15, 0.2) is 6.61 Å². The molecule has 1 aliphatic heterocycles. The van der Waals surface area contributed by atoms with Gasteiger partial charge in [0.1, 0.15) is 5.75 Å². The van der Waals surface area contributed by atoms with Crippen LogP contribution in [0.15, 0.2) is 42.8 Å². The van der Waals surface area contributed by atoms with Gasteiger partial charge >= 0.3 is 6.03 Å². The number of urea groups is 1. The fraction of sp³-hybridized carbons (Fsp3) is 0.200. The summed E-state index contributed by atoms with van der Waals surface area (Å²) in [6.07, 6.45) is 3.38. The third-order valence-corrected chi connectivity index (χ3v) is 2.99. The van der Waals surface area contributed by atoms with Crippen LogP contribution < -0.4 is 20.3 Å². The van der Waals surface area contributed by atoms with E-state index in [9.17, 15) is 9.59 Å². The lowest BCUT2D eigenvalue weighted by molar-refractivity contribution is -0.122. The van der Waals surface area contributed by atoms with E-state index in [1.165, 1.54) is 4.90 Å². The highest BCUT2D eigenvalue weighted by atomic mass is 16.5. The van der Waals surface area contributed by atoms with Gasteiger partial charge in [0.25, 0.3) is 5.91 Å². The number of nitrogens with zero attached hydrogens (tertiary/aromatic N) is 1. The Labute approximate surface area is 123 Å². The molecule has 0 aromatic heterocycles. The van der Waals surface area contributed by atoms with E-state index in [2.05, 4.69) is 17.2 Å². The van der Waals surface area contributed by atoms with Crippen molar-refractivity contribution in [3.63, 3.8) is 0 Å². The number of likely N-dealkylation sites (N-methyl/N-ethyl adjacent to an activating group) is 1. The fourth-order valence-electron chi connectivity index (χ4n) is 1.87. The molecule has 0 unspecified atom stereocenters. The number of hydrogen-bond donors (Lipinski definition) is 2. The predicted octanol–water partition coefficient (Wildman–Crippen LogP) is 1.68. The van der Waals surface area contributed by atoms with Crippen LogP contribution >= 0.6 is 0 Å². The van der Waals surface area contributed by atoms with Gasteiger partial charge in [0.05, 0.1) is 5.69 Å². The second kappa shape index (κ2) is 6.13. The van der Waals surface area contributed by atoms with Crippen LogP contribution in [-0.2, 0) is 4.79 Å². The summed E-state index contributed by atoms with van der Waals surface area (Å²) in [7, 11) is 1.55. The molecule has 0 saturated carbocycles. The van der Waals surface area contributed by atoms with E-state index in [1.807, 2.05) is 6.92 Å². The molecular weight excluding hydrogens is 270 g/mol. The Hall–Kier alpha value is -2.76. The van der Waals surface area contributed by atoms with E-state index in [0.717, 1.165) is 11.3 Å². The molecule has 21 heavy (non-hydrogen) atoms. The third-order valence-electron chi connectivity index (χ3n) is 2.99. The minimum Gasteiger partial charge on any atom is -0.484 e. The largest absolute Gasteiger partial charge is 0.484 e. The Balaban J connectivity index is 2.16. The number of nitrogens with one attached hydrogen (secondary N) is 2. The third kappa shape index (κ3) is 3.42. The maximum atomic E-state index is 11.9. The van der Waals surface area contributed by atoms with Crippen LogP contribution in [0.2, 0.25) is 0 Å². The molecule has 0 bridgehead atoms. The standard InChI is InChI=1S/C15H17N3O3/c1-10-8-12(21-9-14(19)16-3)4-5-13(10)18-7-6-11(2)17-15(18)20/h4-8H,2,9H2,1,3H3,(H,16,19)(H,17,20). The van der Waals surface area contributed by atoms with Crippen molar-refractivity contribution < 1.29 is 14.3 Å². The van der Waals surface area contributed by atoms with Gasteiger partial charge in [-0.1, -0.05) is 6.58 Å². The second-order valence-electron chi connectivity index (χ2n) is 4.55. The fourth-order valence-corrected chi connectivity index (χ4v) is 1.87. The quantitative estimate of drug-likeness (QED) is 0.885. The van der Waals surface area contributed by atoms with E-state index < -0.39 is 0 Å². The van der Waals surface area contributed by atoms with Crippen LogP contribution in [0.5, 0.6) is 5.75 Å². The summed E-state index contributed by atoms with van der Waals surface area (Å²) < 4.78 is 5.36. The van der Waals surface area contributed by atoms with Crippen molar-refractivity contribution in [2.24, 2.45) is 0 Å². The van der Waals surface area contributed by atoms with Crippen LogP contribution in [-0.4, -0.2) is 25.6 Å². The van der Waals surface area contributed by atoms with Crippen molar-refractivity contribution >= 4 is 17.6 Å². The molecule has 0 fully saturated rings. The van der Waals surface area contributed by atoms with Crippen molar-refractivity contribution in [1.82, 2.24) is 10.6 Å². The second-order valence-corrected chi connectivity index (χ2v) is 4.55. The molecule has 2 N–H and O–H groups in total. The van der Waals surface area contributed by atoms with Gasteiger partial charge in [-0.25, -0.2) is 4.79 Å². The molecule has 3 amide bonds. The van der Waals surface area contributed by atoms with Gasteiger partial charge in [-0.15, -0.1) is 0 Å². The van der Waals surface area contributed by atoms with Crippen LogP contribution in [0.4, 0.5) is 10.5 Å². The average molecular weight is 287 g/mol. The molecule has 0 radical (unpaired) electrons. The van der Waals surface area contributed by atoms with Crippen molar-refractivity contribution in [3.05, 3.63) is 48.3 Å². The van der Waals surface area contributed by atoms with Gasteiger partial charge < -0.3 is 15.4 Å². The van der Waals surface area contributed by atoms with E-state index in [-0.39, 0.29) is 18.5 Å². The topological polar surface area (TPSA) is 70.7 Å². The Morgan fingerprint density at radius 3 is 2.86 bits per heavy atom. The Morgan fingerprint density at radius 2 is 2.24 bits per heavy atom. The molecule has 1 aromatic rings. The predicted molar refractivity (Wildman–Crippen MR) is 80.0 cm³/mol. The first-order valence-corrected chi connectivity index (χ1v) is 6.42. The molecule has 6 heteroatoms. The summed E-state index contributed by atoms with van der Waals surface area (Å²) in [5.74, 6) is 0.374. The highest BCUT2D eigenvalue weighted by molar-refractivity contribution is 5.97. The number of benzene rings is 1. The van der Waals surface area contributed by atoms with Crippen molar-refractivity contribution in [1.29, 1.82) is 0 Å². The number of hydrogen-bond acceptors (Lipinski definition) is 3. The van der Waals surface area contributed by atoms with Gasteiger partial charge in [-0.2, -0.15) is 0 Å². The first kappa shape index (κ1) is 14.6. The molecule has 110 valence electrons. The number of amides is 3. The van der Waals surface area contributed by atoms with Crippen LogP contribution in [0.1, 0.15) is 5.56 Å². The molecule has 0 saturated heterocycles. The smallest absolute Gasteiger partial charge is 0.330 e. The van der Waals surface area contributed by atoms with E-state index in [4.69, 9.17) is 4.74 Å². The molecule has 0 atom stereocenters. The summed E-state index contributed by atoms with van der Waals surface area (Å²) in [5.41, 5.74) is 2.15. The van der Waals surface area contributed by atoms with Crippen molar-refractivity contribution in [2.45, 2.75) is 6.92 Å². The average Bonchev–Trinajstić information content (AvgIpc) is 2.45. The molecule has 1 aliphatic rings. The number of anilines is 1. The van der Waals surface area contributed by atoms with Gasteiger partial charge in [-0.3, -0.25) is 9.69 Å². The maximum absolute atomic E-state index is 11.9. The molecule has 6 nitrogen and oxygen atoms in total. The first-order chi connectivity index (χ1) is 10.0. The Kier molecular flexibility index (Phi) is 4.27. The Bertz CT molecular complexity index is 623. The first-order valence-electron chi connectivity index (χ1n) is 6.42. The summed E-state index contributed by atoms with van der Waals surface area (Å²) in [6.45, 7) is 5.50. The van der Waals surface area contributed by atoms with Crippen molar-refractivity contribution in [2.75, 3.05) is 18.6 Å². The number of carbonyl (C=O) groups is 2. The van der Waals surface area contributed by atoms with E-state index >= 15 is 0 Å². The number of allylic oxidation sites excluding steroid dienone is 1. The number of rotatable bonds is 4. The number of ether oxygens (including phenoxy) is 1. The SMILES string of the molecule is C=C1C=CN(c2ccc(OCC(=O)NC)cc2C)C(=O)N1. The molecule has 0 aliphatic carbocycles. The van der Waals surface area contributed by atoms with E-state index in [0.29, 0.717) is 11.4 Å². The highest BCUT2D eigenvalue weighted by Gasteiger charge is 2.19. The van der Waals surface area contributed by atoms with Gasteiger partial charge in [0.2, 0.25) is 0 Å². The maximum Gasteiger partial charge on any atom is 0.330 e. The minimum absolute atomic E-state index is 0.0424. The lowest BCUT2D eigenvalue weighted by Crippen LogP contribution is -2.38. The summed E-state index contributed by atoms with van der Waals surface area (Å²) >= 11 is 0. The number of aryl methyl sites for hydroxylation is 1. The molecule has 0 spiro atoms. The van der Waals surface area contributed by atoms with Crippen LogP contribution in [0, 0.1) is 6.92 Å². The summed E-state index contributed by atoms with van der Waals surface area (Å²) in [5, 5.41) is 5.12. The molecule has 2 rings (SSSR count). The molecular formula is C15H17N3O3. The summed E-state index contributed by atoms with van der Waals surface area (Å²) in [6, 6.07) is 5.01. The molecule has 1 heterocycles. The van der Waals surface area contributed by atoms with Crippen LogP contribution in [0.25, 0.3) is 0 Å². The zero-order valence-corrected chi connectivity index (χ0v) is 12.0. The van der Waals surface area contributed by atoms with Crippen molar-refractivity contribution in [3.8, 4) is 5.75 Å². The van der Waals surface area contributed by atoms with E-state index in [1.54, 1.807) is 37.5 Å². The zero-order chi connectivity index (χ0) is 15.4. The highest BCUT2D eigenvalue weighted by Crippen LogP contribution is 2.26. The zero-order valence-electron chi connectivity index (χ0n) is 12.0. The molecule has 1 aromatic carbocycles. The van der Waals surface area contributed by atoms with Gasteiger partial charge in [-0.05, 0) is 36.8 Å². The normalized spacial score (nSPS) is 13.9. The Morgan fingerprint density at radius 1 is 1.48 bits per heavy atom. The van der Waals surface area contributed by atoms with Crippen LogP contribution in [0.3, 0.4) is 0 Å².